The summed E-state index contributed by atoms with van der Waals surface area (Å²) in [4.78, 5) is 34.8. The third kappa shape index (κ3) is 3.40. The van der Waals surface area contributed by atoms with Crippen molar-refractivity contribution in [1.29, 1.82) is 0 Å². The molecule has 0 aliphatic carbocycles. The fourth-order valence-electron chi connectivity index (χ4n) is 2.45. The molecule has 6 nitrogen and oxygen atoms in total. The number of halogens is 1. The van der Waals surface area contributed by atoms with Crippen molar-refractivity contribution in [3.63, 3.8) is 0 Å². The summed E-state index contributed by atoms with van der Waals surface area (Å²) in [7, 11) is 0. The Bertz CT molecular complexity index is 1080. The van der Waals surface area contributed by atoms with E-state index in [2.05, 4.69) is 5.32 Å². The molecule has 132 valence electrons. The third-order valence-corrected chi connectivity index (χ3v) is 4.65. The van der Waals surface area contributed by atoms with Crippen molar-refractivity contribution in [2.24, 2.45) is 0 Å². The van der Waals surface area contributed by atoms with Crippen molar-refractivity contribution >= 4 is 33.3 Å². The largest absolute Gasteiger partial charge is 0.506 e. The summed E-state index contributed by atoms with van der Waals surface area (Å²) in [6.45, 7) is -0.671. The van der Waals surface area contributed by atoms with Gasteiger partial charge in [0.25, 0.3) is 5.91 Å². The first-order valence-corrected chi connectivity index (χ1v) is 8.24. The van der Waals surface area contributed by atoms with E-state index in [1.165, 1.54) is 12.1 Å². The summed E-state index contributed by atoms with van der Waals surface area (Å²) in [5.74, 6) is -3.13. The first-order chi connectivity index (χ1) is 12.4. The maximum atomic E-state index is 13.1. The van der Waals surface area contributed by atoms with Crippen LogP contribution >= 0.6 is 11.3 Å². The van der Waals surface area contributed by atoms with Gasteiger partial charge in [-0.05, 0) is 35.4 Å². The Hall–Kier alpha value is -3.26. The highest BCUT2D eigenvalue weighted by atomic mass is 32.1. The molecule has 0 atom stereocenters. The number of carboxylic acid groups (broad SMARTS) is 1. The molecule has 0 bridgehead atoms. The Labute approximate surface area is 150 Å². The number of amides is 1. The number of benzene rings is 2. The predicted molar refractivity (Wildman–Crippen MR) is 95.1 cm³/mol. The van der Waals surface area contributed by atoms with Crippen molar-refractivity contribution in [2.45, 2.75) is 0 Å². The van der Waals surface area contributed by atoms with Crippen LogP contribution in [-0.4, -0.2) is 28.6 Å². The number of hydrogen-bond donors (Lipinski definition) is 3. The molecule has 0 aliphatic rings. The van der Waals surface area contributed by atoms with Gasteiger partial charge in [-0.15, -0.1) is 0 Å². The van der Waals surface area contributed by atoms with Gasteiger partial charge in [0.2, 0.25) is 4.74 Å². The molecule has 0 radical (unpaired) electrons. The lowest BCUT2D eigenvalue weighted by molar-refractivity contribution is -0.135. The van der Waals surface area contributed by atoms with E-state index >= 15 is 0 Å². The predicted octanol–water partition coefficient (Wildman–Crippen LogP) is 2.59. The summed E-state index contributed by atoms with van der Waals surface area (Å²) in [5.41, 5.74) is 0.858. The van der Waals surface area contributed by atoms with Gasteiger partial charge >= 0.3 is 5.97 Å². The first kappa shape index (κ1) is 17.6. The number of hydrogen-bond acceptors (Lipinski definition) is 5. The quantitative estimate of drug-likeness (QED) is 0.652. The van der Waals surface area contributed by atoms with Crippen LogP contribution in [0.1, 0.15) is 10.4 Å². The molecule has 1 aromatic heterocycles. The standard InChI is InChI=1S/C18H12FNO5S/c19-11-4-1-9(2-5-11)10-3-6-13-12(7-10)16(23)15(18(25)26-13)17(24)20-8-14(21)22/h1-7,23H,8H2,(H,20,24)(H,21,22). The van der Waals surface area contributed by atoms with Gasteiger partial charge in [-0.3, -0.25) is 14.4 Å². The lowest BCUT2D eigenvalue weighted by Crippen LogP contribution is -2.32. The summed E-state index contributed by atoms with van der Waals surface area (Å²) in [6.07, 6.45) is 0. The monoisotopic (exact) mass is 373 g/mol. The summed E-state index contributed by atoms with van der Waals surface area (Å²) in [5, 5.41) is 21.4. The lowest BCUT2D eigenvalue weighted by Gasteiger charge is -2.09. The summed E-state index contributed by atoms with van der Waals surface area (Å²) in [6, 6.07) is 10.7. The van der Waals surface area contributed by atoms with E-state index in [4.69, 9.17) is 5.11 Å². The zero-order valence-electron chi connectivity index (χ0n) is 13.2. The molecule has 8 heteroatoms. The Kier molecular flexibility index (Phi) is 4.68. The minimum Gasteiger partial charge on any atom is -0.506 e. The van der Waals surface area contributed by atoms with Crippen LogP contribution < -0.4 is 10.1 Å². The van der Waals surface area contributed by atoms with Gasteiger partial charge in [-0.1, -0.05) is 29.5 Å². The molecule has 26 heavy (non-hydrogen) atoms. The minimum atomic E-state index is -1.27. The summed E-state index contributed by atoms with van der Waals surface area (Å²) >= 11 is 0.768. The van der Waals surface area contributed by atoms with Crippen molar-refractivity contribution in [3.05, 3.63) is 63.4 Å². The van der Waals surface area contributed by atoms with Crippen LogP contribution in [0.15, 0.2) is 47.3 Å². The van der Waals surface area contributed by atoms with E-state index in [9.17, 15) is 23.9 Å². The molecule has 0 fully saturated rings. The highest BCUT2D eigenvalue weighted by Crippen LogP contribution is 2.32. The highest BCUT2D eigenvalue weighted by Gasteiger charge is 2.20. The molecule has 3 rings (SSSR count). The van der Waals surface area contributed by atoms with E-state index in [-0.39, 0.29) is 11.2 Å². The number of aromatic hydroxyl groups is 1. The molecule has 0 spiro atoms. The fraction of sp³-hybridized carbons (Fsp3) is 0.0556. The third-order valence-electron chi connectivity index (χ3n) is 3.68. The second-order valence-electron chi connectivity index (χ2n) is 5.41. The van der Waals surface area contributed by atoms with Gasteiger partial charge in [0.05, 0.1) is 0 Å². The van der Waals surface area contributed by atoms with Gasteiger partial charge in [-0.2, -0.15) is 0 Å². The Balaban J connectivity index is 2.11. The van der Waals surface area contributed by atoms with Crippen molar-refractivity contribution in [1.82, 2.24) is 5.32 Å². The normalized spacial score (nSPS) is 10.7. The smallest absolute Gasteiger partial charge is 0.322 e. The molecule has 0 saturated heterocycles. The van der Waals surface area contributed by atoms with Crippen molar-refractivity contribution in [3.8, 4) is 16.9 Å². The number of aliphatic carboxylic acids is 1. The van der Waals surface area contributed by atoms with Crippen LogP contribution in [0, 0.1) is 5.82 Å². The van der Waals surface area contributed by atoms with Crippen molar-refractivity contribution < 1.29 is 24.2 Å². The average Bonchev–Trinajstić information content (AvgIpc) is 2.60. The second kappa shape index (κ2) is 6.93. The zero-order valence-corrected chi connectivity index (χ0v) is 14.0. The van der Waals surface area contributed by atoms with E-state index in [1.54, 1.807) is 30.3 Å². The molecule has 0 unspecified atom stereocenters. The average molecular weight is 373 g/mol. The molecule has 0 aliphatic heterocycles. The van der Waals surface area contributed by atoms with E-state index < -0.39 is 34.5 Å². The van der Waals surface area contributed by atoms with Crippen LogP contribution in [-0.2, 0) is 4.79 Å². The van der Waals surface area contributed by atoms with Crippen LogP contribution in [0.3, 0.4) is 0 Å². The highest BCUT2D eigenvalue weighted by molar-refractivity contribution is 7.16. The molecule has 3 aromatic rings. The zero-order chi connectivity index (χ0) is 18.8. The number of carbonyl (C=O) groups is 2. The number of carboxylic acids is 1. The van der Waals surface area contributed by atoms with Gasteiger partial charge in [0, 0.05) is 10.1 Å². The fourth-order valence-corrected chi connectivity index (χ4v) is 3.35. The van der Waals surface area contributed by atoms with Gasteiger partial charge in [-0.25, -0.2) is 4.39 Å². The number of nitrogens with one attached hydrogen (secondary N) is 1. The second-order valence-corrected chi connectivity index (χ2v) is 6.42. The van der Waals surface area contributed by atoms with Crippen molar-refractivity contribution in [2.75, 3.05) is 6.54 Å². The number of rotatable bonds is 4. The molecule has 3 N–H and O–H groups in total. The molecular formula is C18H12FNO5S. The summed E-state index contributed by atoms with van der Waals surface area (Å²) < 4.78 is 12.9. The molecule has 1 amide bonds. The van der Waals surface area contributed by atoms with Gasteiger partial charge in [0.1, 0.15) is 23.7 Å². The number of fused-ring (bicyclic) bond motifs is 1. The molecule has 0 saturated carbocycles. The van der Waals surface area contributed by atoms with E-state index in [0.717, 1.165) is 11.3 Å². The molecule has 2 aromatic carbocycles. The van der Waals surface area contributed by atoms with E-state index in [1.807, 2.05) is 0 Å². The van der Waals surface area contributed by atoms with Crippen LogP contribution in [0.5, 0.6) is 5.75 Å². The number of carbonyl (C=O) groups excluding carboxylic acids is 1. The van der Waals surface area contributed by atoms with E-state index in [0.29, 0.717) is 15.8 Å². The lowest BCUT2D eigenvalue weighted by atomic mass is 10.0. The van der Waals surface area contributed by atoms with Crippen LogP contribution in [0.25, 0.3) is 21.2 Å². The minimum absolute atomic E-state index is 0.275. The maximum absolute atomic E-state index is 13.1. The van der Waals surface area contributed by atoms with Crippen LogP contribution in [0.4, 0.5) is 4.39 Å². The first-order valence-electron chi connectivity index (χ1n) is 7.42. The van der Waals surface area contributed by atoms with Gasteiger partial charge < -0.3 is 15.5 Å². The van der Waals surface area contributed by atoms with Crippen LogP contribution in [0.2, 0.25) is 0 Å². The Morgan fingerprint density at radius 3 is 2.38 bits per heavy atom. The maximum Gasteiger partial charge on any atom is 0.322 e. The van der Waals surface area contributed by atoms with Gasteiger partial charge in [0.15, 0.2) is 0 Å². The Morgan fingerprint density at radius 2 is 1.73 bits per heavy atom. The molecular weight excluding hydrogens is 361 g/mol. The molecule has 1 heterocycles. The topological polar surface area (TPSA) is 104 Å². The SMILES string of the molecule is O=C(O)CNC(=O)c1c(O)c2cc(-c3ccc(F)cc3)ccc2sc1=O. The Morgan fingerprint density at radius 1 is 1.08 bits per heavy atom.